The lowest BCUT2D eigenvalue weighted by molar-refractivity contribution is -0.141. The minimum atomic E-state index is -3.96. The smallest absolute Gasteiger partial charge is 0.243 e. The molecular weight excluding hydrogens is 566 g/mol. The Morgan fingerprint density at radius 1 is 0.972 bits per heavy atom. The van der Waals surface area contributed by atoms with Gasteiger partial charge in [-0.15, -0.1) is 0 Å². The molecule has 0 saturated carbocycles. The largest absolute Gasteiger partial charge is 0.357 e. The molecule has 2 amide bonds. The number of benzene rings is 3. The van der Waals surface area contributed by atoms with Crippen LogP contribution in [0.15, 0.2) is 88.2 Å². The maximum atomic E-state index is 13.6. The fourth-order valence-corrected chi connectivity index (χ4v) is 5.40. The molecule has 0 saturated heterocycles. The van der Waals surface area contributed by atoms with E-state index in [-0.39, 0.29) is 23.8 Å². The Labute approximate surface area is 225 Å². The highest BCUT2D eigenvalue weighted by Gasteiger charge is 2.32. The van der Waals surface area contributed by atoms with E-state index >= 15 is 0 Å². The summed E-state index contributed by atoms with van der Waals surface area (Å²) in [7, 11) is -1.10. The normalized spacial score (nSPS) is 12.2. The van der Waals surface area contributed by atoms with Gasteiger partial charge in [-0.25, -0.2) is 8.42 Å². The highest BCUT2D eigenvalue weighted by atomic mass is 79.9. The van der Waals surface area contributed by atoms with Crippen LogP contribution in [0.5, 0.6) is 0 Å². The zero-order chi connectivity index (χ0) is 26.3. The Kier molecular flexibility index (Phi) is 9.67. The number of carbonyl (C=O) groups is 2. The van der Waals surface area contributed by atoms with Crippen molar-refractivity contribution in [2.75, 3.05) is 20.6 Å². The number of nitrogens with zero attached hydrogens (tertiary/aromatic N) is 2. The van der Waals surface area contributed by atoms with Crippen LogP contribution in [0.25, 0.3) is 0 Å². The minimum Gasteiger partial charge on any atom is -0.357 e. The third-order valence-electron chi connectivity index (χ3n) is 5.64. The van der Waals surface area contributed by atoms with Crippen molar-refractivity contribution in [2.24, 2.45) is 0 Å². The van der Waals surface area contributed by atoms with Gasteiger partial charge in [-0.05, 0) is 47.5 Å². The highest BCUT2D eigenvalue weighted by Crippen LogP contribution is 2.20. The Balaban J connectivity index is 1.94. The van der Waals surface area contributed by atoms with Crippen LogP contribution in [0.3, 0.4) is 0 Å². The molecule has 0 aliphatic carbocycles. The molecule has 3 rings (SSSR count). The molecule has 0 unspecified atom stereocenters. The van der Waals surface area contributed by atoms with Crippen molar-refractivity contribution < 1.29 is 18.0 Å². The van der Waals surface area contributed by atoms with Gasteiger partial charge in [0.15, 0.2) is 0 Å². The van der Waals surface area contributed by atoms with E-state index < -0.39 is 28.5 Å². The Bertz CT molecular complexity index is 1300. The second-order valence-corrected chi connectivity index (χ2v) is 11.6. The SMILES string of the molecule is CNC(=O)[C@@H](Cc1ccccc1)N(Cc1cccc(Br)c1)C(=O)CN(C)S(=O)(=O)c1ccc(Cl)cc1. The molecule has 0 heterocycles. The Morgan fingerprint density at radius 3 is 2.22 bits per heavy atom. The lowest BCUT2D eigenvalue weighted by Crippen LogP contribution is -2.52. The highest BCUT2D eigenvalue weighted by molar-refractivity contribution is 9.10. The summed E-state index contributed by atoms with van der Waals surface area (Å²) in [5, 5.41) is 3.05. The topological polar surface area (TPSA) is 86.8 Å². The molecule has 0 aliphatic heterocycles. The number of sulfonamides is 1. The van der Waals surface area contributed by atoms with Crippen LogP contribution in [0.1, 0.15) is 11.1 Å². The van der Waals surface area contributed by atoms with Gasteiger partial charge < -0.3 is 10.2 Å². The number of halogens is 2. The minimum absolute atomic E-state index is 0.0212. The summed E-state index contributed by atoms with van der Waals surface area (Å²) in [5.41, 5.74) is 1.67. The summed E-state index contributed by atoms with van der Waals surface area (Å²) in [4.78, 5) is 28.1. The number of hydrogen-bond donors (Lipinski definition) is 1. The number of nitrogens with one attached hydrogen (secondary N) is 1. The molecule has 0 fully saturated rings. The molecule has 0 bridgehead atoms. The van der Waals surface area contributed by atoms with Crippen molar-refractivity contribution in [2.45, 2.75) is 23.9 Å². The van der Waals surface area contributed by atoms with E-state index in [9.17, 15) is 18.0 Å². The van der Waals surface area contributed by atoms with Gasteiger partial charge in [0.05, 0.1) is 11.4 Å². The van der Waals surface area contributed by atoms with Gasteiger partial charge >= 0.3 is 0 Å². The Hall–Kier alpha value is -2.72. The molecule has 3 aromatic carbocycles. The molecule has 0 aliphatic rings. The van der Waals surface area contributed by atoms with E-state index in [2.05, 4.69) is 21.2 Å². The lowest BCUT2D eigenvalue weighted by atomic mass is 10.0. The van der Waals surface area contributed by atoms with E-state index in [0.717, 1.165) is 19.9 Å². The summed E-state index contributed by atoms with van der Waals surface area (Å²) >= 11 is 9.33. The van der Waals surface area contributed by atoms with Crippen molar-refractivity contribution in [1.29, 1.82) is 0 Å². The van der Waals surface area contributed by atoms with Crippen LogP contribution >= 0.6 is 27.5 Å². The first kappa shape index (κ1) is 27.9. The average molecular weight is 593 g/mol. The molecule has 10 heteroatoms. The molecule has 190 valence electrons. The average Bonchev–Trinajstić information content (AvgIpc) is 2.86. The van der Waals surface area contributed by atoms with Gasteiger partial charge in [0, 0.05) is 36.6 Å². The maximum absolute atomic E-state index is 13.6. The predicted octanol–water partition coefficient (Wildman–Crippen LogP) is 4.11. The molecule has 36 heavy (non-hydrogen) atoms. The molecule has 3 aromatic rings. The van der Waals surface area contributed by atoms with Crippen LogP contribution in [0.2, 0.25) is 5.02 Å². The van der Waals surface area contributed by atoms with Gasteiger partial charge in [0.2, 0.25) is 21.8 Å². The zero-order valence-electron chi connectivity index (χ0n) is 19.9. The first-order valence-electron chi connectivity index (χ1n) is 11.1. The zero-order valence-corrected chi connectivity index (χ0v) is 23.1. The number of carbonyl (C=O) groups excluding carboxylic acids is 2. The van der Waals surface area contributed by atoms with E-state index in [1.54, 1.807) is 0 Å². The number of rotatable bonds is 10. The van der Waals surface area contributed by atoms with Crippen LogP contribution in [0.4, 0.5) is 0 Å². The van der Waals surface area contributed by atoms with Crippen molar-refractivity contribution in [1.82, 2.24) is 14.5 Å². The van der Waals surface area contributed by atoms with Crippen molar-refractivity contribution >= 4 is 49.4 Å². The summed E-state index contributed by atoms with van der Waals surface area (Å²) < 4.78 is 28.0. The van der Waals surface area contributed by atoms with E-state index in [4.69, 9.17) is 11.6 Å². The molecule has 1 N–H and O–H groups in total. The molecule has 0 aromatic heterocycles. The monoisotopic (exact) mass is 591 g/mol. The number of hydrogen-bond acceptors (Lipinski definition) is 4. The first-order chi connectivity index (χ1) is 17.1. The fourth-order valence-electron chi connectivity index (χ4n) is 3.71. The van der Waals surface area contributed by atoms with E-state index in [1.807, 2.05) is 54.6 Å². The number of likely N-dealkylation sites (N-methyl/N-ethyl adjacent to an activating group) is 2. The molecule has 7 nitrogen and oxygen atoms in total. The molecule has 1 atom stereocenters. The third kappa shape index (κ3) is 7.16. The van der Waals surface area contributed by atoms with Crippen molar-refractivity contribution in [3.63, 3.8) is 0 Å². The summed E-state index contributed by atoms with van der Waals surface area (Å²) in [6.45, 7) is -0.320. The Morgan fingerprint density at radius 2 is 1.61 bits per heavy atom. The summed E-state index contributed by atoms with van der Waals surface area (Å²) in [6.07, 6.45) is 0.272. The van der Waals surface area contributed by atoms with Crippen LogP contribution in [-0.4, -0.2) is 56.1 Å². The van der Waals surface area contributed by atoms with E-state index in [0.29, 0.717) is 5.02 Å². The van der Waals surface area contributed by atoms with Gasteiger partial charge in [0.1, 0.15) is 6.04 Å². The second kappa shape index (κ2) is 12.5. The van der Waals surface area contributed by atoms with Gasteiger partial charge in [-0.3, -0.25) is 9.59 Å². The predicted molar refractivity (Wildman–Crippen MR) is 144 cm³/mol. The first-order valence-corrected chi connectivity index (χ1v) is 13.7. The standard InChI is InChI=1S/C26H27BrClN3O4S/c1-29-26(33)24(16-19-7-4-3-5-8-19)31(17-20-9-6-10-21(27)15-20)25(32)18-30(2)36(34,35)23-13-11-22(28)12-14-23/h3-15,24H,16-18H2,1-2H3,(H,29,33)/t24-/m1/s1. The summed E-state index contributed by atoms with van der Waals surface area (Å²) in [5.74, 6) is -0.843. The molecular formula is C26H27BrClN3O4S. The van der Waals surface area contributed by atoms with E-state index in [1.165, 1.54) is 43.3 Å². The van der Waals surface area contributed by atoms with Crippen molar-refractivity contribution in [3.05, 3.63) is 99.5 Å². The van der Waals surface area contributed by atoms with Crippen LogP contribution in [-0.2, 0) is 32.6 Å². The third-order valence-corrected chi connectivity index (χ3v) is 8.20. The van der Waals surface area contributed by atoms with Gasteiger partial charge in [0.25, 0.3) is 0 Å². The molecule has 0 spiro atoms. The van der Waals surface area contributed by atoms with Gasteiger partial charge in [-0.2, -0.15) is 4.31 Å². The second-order valence-electron chi connectivity index (χ2n) is 8.19. The summed E-state index contributed by atoms with van der Waals surface area (Å²) in [6, 6.07) is 21.7. The van der Waals surface area contributed by atoms with Crippen LogP contribution in [0, 0.1) is 0 Å². The lowest BCUT2D eigenvalue weighted by Gasteiger charge is -2.32. The maximum Gasteiger partial charge on any atom is 0.243 e. The molecule has 0 radical (unpaired) electrons. The van der Waals surface area contributed by atoms with Crippen molar-refractivity contribution in [3.8, 4) is 0 Å². The fraction of sp³-hybridized carbons (Fsp3) is 0.231. The quantitative estimate of drug-likeness (QED) is 0.384. The number of amides is 2. The van der Waals surface area contributed by atoms with Crippen LogP contribution < -0.4 is 5.32 Å². The van der Waals surface area contributed by atoms with Gasteiger partial charge in [-0.1, -0.05) is 70.0 Å².